The minimum atomic E-state index is -0.398. The Morgan fingerprint density at radius 2 is 2.00 bits per heavy atom. The Hall–Kier alpha value is -0.590. The number of nitriles is 1. The van der Waals surface area contributed by atoms with Gasteiger partial charge in [0.25, 0.3) is 0 Å². The van der Waals surface area contributed by atoms with Crippen LogP contribution in [0.2, 0.25) is 0 Å². The van der Waals surface area contributed by atoms with Gasteiger partial charge in [-0.15, -0.1) is 0 Å². The third kappa shape index (κ3) is 3.47. The Morgan fingerprint density at radius 1 is 1.44 bits per heavy atom. The smallest absolute Gasteiger partial charge is 0.116 e. The summed E-state index contributed by atoms with van der Waals surface area (Å²) >= 11 is 0. The molecule has 1 atom stereocenters. The normalized spacial score (nSPS) is 23.0. The van der Waals surface area contributed by atoms with E-state index in [0.717, 1.165) is 31.5 Å². The predicted octanol–water partition coefficient (Wildman–Crippen LogP) is 1.86. The van der Waals surface area contributed by atoms with Gasteiger partial charge in [-0.05, 0) is 51.7 Å². The standard InChI is InChI=1S/C13H25N3/c1-11(2)12-5-7-16(8-6-12)10-13(3,9-14)15-4/h11-12,15H,5-8,10H2,1-4H3. The van der Waals surface area contributed by atoms with Crippen molar-refractivity contribution in [2.24, 2.45) is 11.8 Å². The number of hydrogen-bond donors (Lipinski definition) is 1. The summed E-state index contributed by atoms with van der Waals surface area (Å²) in [5.41, 5.74) is -0.398. The molecule has 1 N–H and O–H groups in total. The molecule has 1 fully saturated rings. The number of nitrogens with zero attached hydrogens (tertiary/aromatic N) is 2. The molecule has 16 heavy (non-hydrogen) atoms. The minimum absolute atomic E-state index is 0.398. The maximum Gasteiger partial charge on any atom is 0.116 e. The molecule has 1 unspecified atom stereocenters. The fourth-order valence-corrected chi connectivity index (χ4v) is 2.40. The summed E-state index contributed by atoms with van der Waals surface area (Å²) in [6.07, 6.45) is 2.56. The highest BCUT2D eigenvalue weighted by Gasteiger charge is 2.28. The highest BCUT2D eigenvalue weighted by Crippen LogP contribution is 2.25. The van der Waals surface area contributed by atoms with E-state index in [1.165, 1.54) is 12.8 Å². The van der Waals surface area contributed by atoms with Crippen LogP contribution in [0.15, 0.2) is 0 Å². The molecule has 3 heteroatoms. The molecule has 3 nitrogen and oxygen atoms in total. The molecule has 0 aliphatic carbocycles. The molecule has 0 spiro atoms. The first-order valence-electron chi connectivity index (χ1n) is 6.33. The van der Waals surface area contributed by atoms with Crippen molar-refractivity contribution in [2.75, 3.05) is 26.7 Å². The quantitative estimate of drug-likeness (QED) is 0.790. The van der Waals surface area contributed by atoms with Crippen LogP contribution in [0.25, 0.3) is 0 Å². The van der Waals surface area contributed by atoms with E-state index in [1.54, 1.807) is 0 Å². The van der Waals surface area contributed by atoms with Crippen molar-refractivity contribution < 1.29 is 0 Å². The molecule has 0 bridgehead atoms. The number of likely N-dealkylation sites (N-methyl/N-ethyl adjacent to an activating group) is 1. The first kappa shape index (κ1) is 13.5. The Labute approximate surface area is 99.8 Å². The summed E-state index contributed by atoms with van der Waals surface area (Å²) in [6, 6.07) is 2.36. The predicted molar refractivity (Wildman–Crippen MR) is 67.1 cm³/mol. The summed E-state index contributed by atoms with van der Waals surface area (Å²) in [4.78, 5) is 2.42. The lowest BCUT2D eigenvalue weighted by Gasteiger charge is -2.37. The van der Waals surface area contributed by atoms with Crippen LogP contribution in [0.5, 0.6) is 0 Å². The van der Waals surface area contributed by atoms with E-state index >= 15 is 0 Å². The van der Waals surface area contributed by atoms with Crippen LogP contribution in [0.4, 0.5) is 0 Å². The van der Waals surface area contributed by atoms with Gasteiger partial charge in [-0.2, -0.15) is 5.26 Å². The SMILES string of the molecule is CNC(C)(C#N)CN1CCC(C(C)C)CC1. The monoisotopic (exact) mass is 223 g/mol. The lowest BCUT2D eigenvalue weighted by Crippen LogP contribution is -2.50. The number of rotatable bonds is 4. The molecule has 1 heterocycles. The van der Waals surface area contributed by atoms with Gasteiger partial charge in [-0.3, -0.25) is 0 Å². The summed E-state index contributed by atoms with van der Waals surface area (Å²) in [5.74, 6) is 1.67. The molecule has 0 saturated carbocycles. The van der Waals surface area contributed by atoms with Gasteiger partial charge >= 0.3 is 0 Å². The van der Waals surface area contributed by atoms with Crippen LogP contribution in [-0.2, 0) is 0 Å². The second kappa shape index (κ2) is 5.65. The van der Waals surface area contributed by atoms with Crippen molar-refractivity contribution in [2.45, 2.75) is 39.2 Å². The van der Waals surface area contributed by atoms with Crippen molar-refractivity contribution in [1.29, 1.82) is 5.26 Å². The molecule has 1 rings (SSSR count). The highest BCUT2D eigenvalue weighted by atomic mass is 15.2. The van der Waals surface area contributed by atoms with Gasteiger partial charge in [0.05, 0.1) is 6.07 Å². The second-order valence-electron chi connectivity index (χ2n) is 5.55. The summed E-state index contributed by atoms with van der Waals surface area (Å²) < 4.78 is 0. The van der Waals surface area contributed by atoms with Crippen molar-refractivity contribution >= 4 is 0 Å². The van der Waals surface area contributed by atoms with Gasteiger partial charge < -0.3 is 10.2 Å². The lowest BCUT2D eigenvalue weighted by molar-refractivity contribution is 0.138. The molecule has 0 amide bonds. The van der Waals surface area contributed by atoms with Gasteiger partial charge in [0, 0.05) is 6.54 Å². The summed E-state index contributed by atoms with van der Waals surface area (Å²) in [7, 11) is 1.87. The third-order valence-electron chi connectivity index (χ3n) is 3.91. The number of hydrogen-bond acceptors (Lipinski definition) is 3. The second-order valence-corrected chi connectivity index (χ2v) is 5.55. The molecular formula is C13H25N3. The van der Waals surface area contributed by atoms with Crippen LogP contribution in [-0.4, -0.2) is 37.1 Å². The Bertz CT molecular complexity index is 248. The Morgan fingerprint density at radius 3 is 2.38 bits per heavy atom. The maximum atomic E-state index is 9.12. The average molecular weight is 223 g/mol. The Kier molecular flexibility index (Phi) is 4.76. The molecule has 0 aromatic heterocycles. The third-order valence-corrected chi connectivity index (χ3v) is 3.91. The lowest BCUT2D eigenvalue weighted by atomic mass is 9.86. The van der Waals surface area contributed by atoms with Crippen LogP contribution in [0.3, 0.4) is 0 Å². The first-order chi connectivity index (χ1) is 7.50. The topological polar surface area (TPSA) is 39.1 Å². The Balaban J connectivity index is 2.41. The zero-order chi connectivity index (χ0) is 12.2. The van der Waals surface area contributed by atoms with E-state index in [1.807, 2.05) is 14.0 Å². The zero-order valence-corrected chi connectivity index (χ0v) is 11.1. The van der Waals surface area contributed by atoms with Gasteiger partial charge in [0.15, 0.2) is 0 Å². The summed E-state index contributed by atoms with van der Waals surface area (Å²) in [6.45, 7) is 9.72. The van der Waals surface area contributed by atoms with E-state index in [0.29, 0.717) is 0 Å². The van der Waals surface area contributed by atoms with Crippen LogP contribution < -0.4 is 5.32 Å². The molecule has 0 aromatic rings. The average Bonchev–Trinajstić information content (AvgIpc) is 2.29. The van der Waals surface area contributed by atoms with Crippen molar-refractivity contribution in [3.63, 3.8) is 0 Å². The fourth-order valence-electron chi connectivity index (χ4n) is 2.40. The molecule has 92 valence electrons. The molecule has 0 aromatic carbocycles. The fraction of sp³-hybridized carbons (Fsp3) is 0.923. The van der Waals surface area contributed by atoms with Crippen molar-refractivity contribution in [1.82, 2.24) is 10.2 Å². The van der Waals surface area contributed by atoms with Crippen molar-refractivity contribution in [3.05, 3.63) is 0 Å². The molecule has 1 aliphatic heterocycles. The molecule has 1 aliphatic rings. The van der Waals surface area contributed by atoms with Crippen LogP contribution >= 0.6 is 0 Å². The highest BCUT2D eigenvalue weighted by molar-refractivity contribution is 5.05. The van der Waals surface area contributed by atoms with Gasteiger partial charge in [0.2, 0.25) is 0 Å². The minimum Gasteiger partial charge on any atom is -0.302 e. The number of nitrogens with one attached hydrogen (secondary N) is 1. The largest absolute Gasteiger partial charge is 0.302 e. The maximum absolute atomic E-state index is 9.12. The van der Waals surface area contributed by atoms with Gasteiger partial charge in [-0.1, -0.05) is 13.8 Å². The number of piperidine rings is 1. The van der Waals surface area contributed by atoms with E-state index in [2.05, 4.69) is 30.1 Å². The first-order valence-corrected chi connectivity index (χ1v) is 6.33. The van der Waals surface area contributed by atoms with E-state index < -0.39 is 5.54 Å². The van der Waals surface area contributed by atoms with Crippen molar-refractivity contribution in [3.8, 4) is 6.07 Å². The van der Waals surface area contributed by atoms with E-state index in [9.17, 15) is 0 Å². The number of likely N-dealkylation sites (tertiary alicyclic amines) is 1. The zero-order valence-electron chi connectivity index (χ0n) is 11.1. The van der Waals surface area contributed by atoms with E-state index in [4.69, 9.17) is 5.26 Å². The molecule has 1 saturated heterocycles. The summed E-state index contributed by atoms with van der Waals surface area (Å²) in [5, 5.41) is 12.2. The van der Waals surface area contributed by atoms with Gasteiger partial charge in [-0.25, -0.2) is 0 Å². The van der Waals surface area contributed by atoms with Gasteiger partial charge in [0.1, 0.15) is 5.54 Å². The van der Waals surface area contributed by atoms with E-state index in [-0.39, 0.29) is 0 Å². The van der Waals surface area contributed by atoms with Crippen LogP contribution in [0, 0.1) is 23.2 Å². The molecule has 0 radical (unpaired) electrons. The molecular weight excluding hydrogens is 198 g/mol. The van der Waals surface area contributed by atoms with Crippen LogP contribution in [0.1, 0.15) is 33.6 Å².